The third kappa shape index (κ3) is 3.54. The molecule has 0 N–H and O–H groups in total. The van der Waals surface area contributed by atoms with Gasteiger partial charge < -0.3 is 13.7 Å². The first kappa shape index (κ1) is 18.6. The highest BCUT2D eigenvalue weighted by Gasteiger charge is 2.19. The Morgan fingerprint density at radius 1 is 1.10 bits per heavy atom. The van der Waals surface area contributed by atoms with Crippen LogP contribution in [-0.4, -0.2) is 32.3 Å². The molecule has 4 rings (SSSR count). The number of ketones is 1. The van der Waals surface area contributed by atoms with Gasteiger partial charge in [-0.1, -0.05) is 6.07 Å². The SMILES string of the molecule is Cc1cc(C(=O)COC(=O)c2cn3ccccc3n2)c(C)n1-c1ccc(F)cc1. The standard InChI is InChI=1S/C22H18FN3O3/c1-14-11-18(15(2)26(14)17-8-6-16(23)7-9-17)20(27)13-29-22(28)19-12-25-10-4-3-5-21(25)24-19/h3-12H,13H2,1-2H3. The molecule has 0 amide bonds. The van der Waals surface area contributed by atoms with Gasteiger partial charge in [0.25, 0.3) is 0 Å². The average Bonchev–Trinajstić information content (AvgIpc) is 3.27. The van der Waals surface area contributed by atoms with E-state index in [9.17, 15) is 14.0 Å². The molecule has 0 unspecified atom stereocenters. The number of aryl methyl sites for hydroxylation is 1. The third-order valence-electron chi connectivity index (χ3n) is 4.72. The zero-order chi connectivity index (χ0) is 20.5. The maximum Gasteiger partial charge on any atom is 0.359 e. The molecule has 0 aliphatic heterocycles. The summed E-state index contributed by atoms with van der Waals surface area (Å²) in [4.78, 5) is 29.1. The number of halogens is 1. The number of ether oxygens (including phenoxy) is 1. The van der Waals surface area contributed by atoms with Gasteiger partial charge in [0, 0.05) is 35.0 Å². The van der Waals surface area contributed by atoms with E-state index < -0.39 is 5.97 Å². The molecule has 146 valence electrons. The van der Waals surface area contributed by atoms with Gasteiger partial charge in [-0.25, -0.2) is 14.2 Å². The van der Waals surface area contributed by atoms with Crippen molar-refractivity contribution in [2.75, 3.05) is 6.61 Å². The molecule has 4 aromatic rings. The molecule has 0 fully saturated rings. The van der Waals surface area contributed by atoms with E-state index in [4.69, 9.17) is 4.74 Å². The number of esters is 1. The van der Waals surface area contributed by atoms with Gasteiger partial charge in [0.2, 0.25) is 5.78 Å². The van der Waals surface area contributed by atoms with Crippen LogP contribution in [0.15, 0.2) is 60.9 Å². The predicted molar refractivity (Wildman–Crippen MR) is 105 cm³/mol. The molecule has 6 nitrogen and oxygen atoms in total. The number of nitrogens with zero attached hydrogens (tertiary/aromatic N) is 3. The Morgan fingerprint density at radius 2 is 1.86 bits per heavy atom. The van der Waals surface area contributed by atoms with E-state index in [1.807, 2.05) is 23.6 Å². The van der Waals surface area contributed by atoms with E-state index in [2.05, 4.69) is 4.98 Å². The molecule has 0 saturated heterocycles. The summed E-state index contributed by atoms with van der Waals surface area (Å²) in [6.07, 6.45) is 3.33. The minimum atomic E-state index is -0.658. The molecule has 0 spiro atoms. The number of fused-ring (bicyclic) bond motifs is 1. The van der Waals surface area contributed by atoms with Gasteiger partial charge in [-0.15, -0.1) is 0 Å². The van der Waals surface area contributed by atoms with Crippen LogP contribution in [0.5, 0.6) is 0 Å². The topological polar surface area (TPSA) is 65.6 Å². The lowest BCUT2D eigenvalue weighted by atomic mass is 10.1. The lowest BCUT2D eigenvalue weighted by Crippen LogP contribution is -2.15. The molecule has 3 aromatic heterocycles. The average molecular weight is 391 g/mol. The van der Waals surface area contributed by atoms with Crippen molar-refractivity contribution in [1.82, 2.24) is 14.0 Å². The summed E-state index contributed by atoms with van der Waals surface area (Å²) in [6.45, 7) is 3.27. The summed E-state index contributed by atoms with van der Waals surface area (Å²) in [5.74, 6) is -1.30. The van der Waals surface area contributed by atoms with Crippen molar-refractivity contribution in [1.29, 1.82) is 0 Å². The second-order valence-electron chi connectivity index (χ2n) is 6.69. The number of hydrogen-bond donors (Lipinski definition) is 0. The van der Waals surface area contributed by atoms with Crippen LogP contribution in [-0.2, 0) is 4.74 Å². The van der Waals surface area contributed by atoms with Gasteiger partial charge in [-0.05, 0) is 56.3 Å². The van der Waals surface area contributed by atoms with Crippen LogP contribution in [0.4, 0.5) is 4.39 Å². The van der Waals surface area contributed by atoms with Crippen LogP contribution in [0.2, 0.25) is 0 Å². The quantitative estimate of drug-likeness (QED) is 0.382. The highest BCUT2D eigenvalue weighted by molar-refractivity contribution is 6.00. The van der Waals surface area contributed by atoms with Crippen LogP contribution in [0.1, 0.15) is 32.2 Å². The fourth-order valence-electron chi connectivity index (χ4n) is 3.35. The van der Waals surface area contributed by atoms with E-state index in [1.165, 1.54) is 12.1 Å². The van der Waals surface area contributed by atoms with Gasteiger partial charge in [-0.3, -0.25) is 4.79 Å². The monoisotopic (exact) mass is 391 g/mol. The summed E-state index contributed by atoms with van der Waals surface area (Å²) in [5.41, 5.74) is 3.48. The van der Waals surface area contributed by atoms with E-state index in [0.717, 1.165) is 11.4 Å². The molecule has 3 heterocycles. The number of pyridine rings is 1. The molecule has 29 heavy (non-hydrogen) atoms. The first-order chi connectivity index (χ1) is 13.9. The number of carbonyl (C=O) groups excluding carboxylic acids is 2. The second kappa shape index (κ2) is 7.35. The largest absolute Gasteiger partial charge is 0.453 e. The first-order valence-corrected chi connectivity index (χ1v) is 9.03. The minimum absolute atomic E-state index is 0.140. The Kier molecular flexibility index (Phi) is 4.72. The second-order valence-corrected chi connectivity index (χ2v) is 6.69. The van der Waals surface area contributed by atoms with Crippen molar-refractivity contribution in [2.45, 2.75) is 13.8 Å². The summed E-state index contributed by atoms with van der Waals surface area (Å²) in [5, 5.41) is 0. The molecular weight excluding hydrogens is 373 g/mol. The number of benzene rings is 1. The van der Waals surface area contributed by atoms with Crippen molar-refractivity contribution in [2.24, 2.45) is 0 Å². The predicted octanol–water partition coefficient (Wildman–Crippen LogP) is 3.92. The van der Waals surface area contributed by atoms with E-state index in [0.29, 0.717) is 16.9 Å². The number of rotatable bonds is 5. The van der Waals surface area contributed by atoms with E-state index >= 15 is 0 Å². The van der Waals surface area contributed by atoms with Crippen molar-refractivity contribution in [3.8, 4) is 5.69 Å². The van der Waals surface area contributed by atoms with Crippen molar-refractivity contribution in [3.05, 3.63) is 89.4 Å². The molecule has 0 aliphatic carbocycles. The van der Waals surface area contributed by atoms with Gasteiger partial charge >= 0.3 is 5.97 Å². The molecule has 7 heteroatoms. The van der Waals surface area contributed by atoms with Gasteiger partial charge in [0.05, 0.1) is 0 Å². The van der Waals surface area contributed by atoms with E-state index in [-0.39, 0.29) is 23.9 Å². The van der Waals surface area contributed by atoms with Crippen LogP contribution in [0.3, 0.4) is 0 Å². The summed E-state index contributed by atoms with van der Waals surface area (Å²) < 4.78 is 21.9. The Hall–Kier alpha value is -3.74. The Labute approximate surface area is 166 Å². The third-order valence-corrected chi connectivity index (χ3v) is 4.72. The summed E-state index contributed by atoms with van der Waals surface area (Å²) >= 11 is 0. The normalized spacial score (nSPS) is 11.0. The Morgan fingerprint density at radius 3 is 2.59 bits per heavy atom. The number of aromatic nitrogens is 3. The van der Waals surface area contributed by atoms with Gasteiger partial charge in [0.15, 0.2) is 12.3 Å². The van der Waals surface area contributed by atoms with E-state index in [1.54, 1.807) is 48.0 Å². The molecule has 1 aromatic carbocycles. The summed E-state index contributed by atoms with van der Waals surface area (Å²) in [7, 11) is 0. The van der Waals surface area contributed by atoms with Crippen molar-refractivity contribution in [3.63, 3.8) is 0 Å². The molecule has 0 bridgehead atoms. The highest BCUT2D eigenvalue weighted by Crippen LogP contribution is 2.21. The molecule has 0 radical (unpaired) electrons. The lowest BCUT2D eigenvalue weighted by Gasteiger charge is -2.10. The Balaban J connectivity index is 1.50. The molecule has 0 saturated carbocycles. The smallest absolute Gasteiger partial charge is 0.359 e. The Bertz CT molecular complexity index is 1190. The highest BCUT2D eigenvalue weighted by atomic mass is 19.1. The fraction of sp³-hybridized carbons (Fsp3) is 0.136. The first-order valence-electron chi connectivity index (χ1n) is 9.03. The van der Waals surface area contributed by atoms with Crippen LogP contribution in [0, 0.1) is 19.7 Å². The maximum absolute atomic E-state index is 13.2. The van der Waals surface area contributed by atoms with Crippen molar-refractivity contribution < 1.29 is 18.7 Å². The molecule has 0 atom stereocenters. The minimum Gasteiger partial charge on any atom is -0.453 e. The zero-order valence-corrected chi connectivity index (χ0v) is 15.9. The number of Topliss-reactive ketones (excluding diaryl/α,β-unsaturated/α-hetero) is 1. The van der Waals surface area contributed by atoms with Crippen molar-refractivity contribution >= 4 is 17.4 Å². The zero-order valence-electron chi connectivity index (χ0n) is 15.9. The van der Waals surface area contributed by atoms with Gasteiger partial charge in [0.1, 0.15) is 11.5 Å². The van der Waals surface area contributed by atoms with Crippen LogP contribution in [0.25, 0.3) is 11.3 Å². The summed E-state index contributed by atoms with van der Waals surface area (Å²) in [6, 6.07) is 13.2. The van der Waals surface area contributed by atoms with Crippen LogP contribution < -0.4 is 0 Å². The van der Waals surface area contributed by atoms with Crippen LogP contribution >= 0.6 is 0 Å². The number of imidazole rings is 1. The molecular formula is C22H18FN3O3. The van der Waals surface area contributed by atoms with Gasteiger partial charge in [-0.2, -0.15) is 0 Å². The fourth-order valence-corrected chi connectivity index (χ4v) is 3.35. The lowest BCUT2D eigenvalue weighted by molar-refractivity contribution is 0.0469. The number of carbonyl (C=O) groups is 2. The maximum atomic E-state index is 13.2. The number of hydrogen-bond acceptors (Lipinski definition) is 4. The molecule has 0 aliphatic rings.